The molecule has 2 heterocycles. The van der Waals surface area contributed by atoms with Gasteiger partial charge in [0.05, 0.1) is 12.4 Å². The van der Waals surface area contributed by atoms with E-state index in [9.17, 15) is 4.79 Å². The average Bonchev–Trinajstić information content (AvgIpc) is 2.34. The third kappa shape index (κ3) is 2.44. The van der Waals surface area contributed by atoms with Crippen LogP contribution in [0.3, 0.4) is 0 Å². The molecular formula is C13H19N3O2. The van der Waals surface area contributed by atoms with Crippen molar-refractivity contribution in [3.63, 3.8) is 0 Å². The van der Waals surface area contributed by atoms with Gasteiger partial charge in [-0.25, -0.2) is 9.78 Å². The van der Waals surface area contributed by atoms with Crippen LogP contribution in [0.15, 0.2) is 12.4 Å². The number of aromatic carboxylic acids is 1. The van der Waals surface area contributed by atoms with E-state index < -0.39 is 5.97 Å². The summed E-state index contributed by atoms with van der Waals surface area (Å²) in [7, 11) is 0. The first-order chi connectivity index (χ1) is 8.49. The van der Waals surface area contributed by atoms with Crippen LogP contribution < -0.4 is 4.90 Å². The van der Waals surface area contributed by atoms with E-state index in [1.807, 2.05) is 0 Å². The lowest BCUT2D eigenvalue weighted by atomic mass is 9.86. The average molecular weight is 249 g/mol. The molecule has 0 spiro atoms. The van der Waals surface area contributed by atoms with Gasteiger partial charge in [0, 0.05) is 12.6 Å². The van der Waals surface area contributed by atoms with Crippen LogP contribution in [-0.2, 0) is 0 Å². The number of hydrogen-bond acceptors (Lipinski definition) is 4. The normalized spacial score (nSPS) is 28.2. The number of piperidine rings is 1. The Balaban J connectivity index is 2.29. The molecule has 0 amide bonds. The van der Waals surface area contributed by atoms with Gasteiger partial charge < -0.3 is 10.0 Å². The van der Waals surface area contributed by atoms with Crippen molar-refractivity contribution in [3.8, 4) is 0 Å². The second-order valence-electron chi connectivity index (χ2n) is 5.28. The maximum atomic E-state index is 10.9. The summed E-state index contributed by atoms with van der Waals surface area (Å²) in [4.78, 5) is 21.2. The number of hydrogen-bond donors (Lipinski definition) is 1. The molecule has 0 radical (unpaired) electrons. The first-order valence-electron chi connectivity index (χ1n) is 6.31. The fraction of sp³-hybridized carbons (Fsp3) is 0.615. The van der Waals surface area contributed by atoms with Gasteiger partial charge in [0.1, 0.15) is 5.82 Å². The second kappa shape index (κ2) is 4.92. The molecule has 3 unspecified atom stereocenters. The van der Waals surface area contributed by atoms with Crippen molar-refractivity contribution in [3.05, 3.63) is 18.1 Å². The molecule has 0 bridgehead atoms. The van der Waals surface area contributed by atoms with Gasteiger partial charge in [0.15, 0.2) is 5.69 Å². The van der Waals surface area contributed by atoms with Gasteiger partial charge in [0.2, 0.25) is 0 Å². The summed E-state index contributed by atoms with van der Waals surface area (Å²) in [5.74, 6) is 0.798. The fourth-order valence-corrected chi connectivity index (χ4v) is 2.61. The molecule has 1 aliphatic heterocycles. The Kier molecular flexibility index (Phi) is 3.50. The van der Waals surface area contributed by atoms with Gasteiger partial charge in [-0.3, -0.25) is 4.98 Å². The Morgan fingerprint density at radius 3 is 2.78 bits per heavy atom. The second-order valence-corrected chi connectivity index (χ2v) is 5.28. The minimum Gasteiger partial charge on any atom is -0.476 e. The highest BCUT2D eigenvalue weighted by molar-refractivity contribution is 5.85. The third-order valence-corrected chi connectivity index (χ3v) is 3.73. The number of carbonyl (C=O) groups is 1. The van der Waals surface area contributed by atoms with E-state index in [0.717, 1.165) is 6.54 Å². The van der Waals surface area contributed by atoms with E-state index in [1.54, 1.807) is 6.20 Å². The van der Waals surface area contributed by atoms with E-state index in [0.29, 0.717) is 23.7 Å². The lowest BCUT2D eigenvalue weighted by Crippen LogP contribution is -2.46. The van der Waals surface area contributed by atoms with Gasteiger partial charge in [-0.1, -0.05) is 13.8 Å². The monoisotopic (exact) mass is 249 g/mol. The summed E-state index contributed by atoms with van der Waals surface area (Å²) >= 11 is 0. The van der Waals surface area contributed by atoms with E-state index in [-0.39, 0.29) is 5.69 Å². The molecule has 2 rings (SSSR count). The van der Waals surface area contributed by atoms with Gasteiger partial charge in [0.25, 0.3) is 0 Å². The zero-order valence-corrected chi connectivity index (χ0v) is 11.0. The Bertz CT molecular complexity index is 450. The van der Waals surface area contributed by atoms with Crippen LogP contribution in [0.1, 0.15) is 37.7 Å². The molecule has 3 atom stereocenters. The molecule has 1 aromatic rings. The molecule has 1 saturated heterocycles. The first kappa shape index (κ1) is 12.8. The Labute approximate surface area is 107 Å². The molecule has 0 aromatic carbocycles. The molecule has 5 nitrogen and oxygen atoms in total. The summed E-state index contributed by atoms with van der Waals surface area (Å²) in [6.07, 6.45) is 4.13. The molecule has 1 N–H and O–H groups in total. The van der Waals surface area contributed by atoms with Gasteiger partial charge in [-0.2, -0.15) is 0 Å². The largest absolute Gasteiger partial charge is 0.476 e. The van der Waals surface area contributed by atoms with Crippen molar-refractivity contribution in [2.45, 2.75) is 33.2 Å². The zero-order valence-electron chi connectivity index (χ0n) is 11.0. The molecule has 5 heteroatoms. The van der Waals surface area contributed by atoms with Crippen LogP contribution in [0, 0.1) is 11.8 Å². The van der Waals surface area contributed by atoms with E-state index in [2.05, 4.69) is 35.6 Å². The van der Waals surface area contributed by atoms with E-state index >= 15 is 0 Å². The summed E-state index contributed by atoms with van der Waals surface area (Å²) < 4.78 is 0. The van der Waals surface area contributed by atoms with E-state index in [4.69, 9.17) is 5.11 Å². The van der Waals surface area contributed by atoms with Gasteiger partial charge in [-0.15, -0.1) is 0 Å². The van der Waals surface area contributed by atoms with Crippen LogP contribution in [0.5, 0.6) is 0 Å². The molecule has 1 fully saturated rings. The highest BCUT2D eigenvalue weighted by Gasteiger charge is 2.30. The summed E-state index contributed by atoms with van der Waals surface area (Å²) in [6, 6.07) is 0.361. The van der Waals surface area contributed by atoms with Crippen molar-refractivity contribution in [1.82, 2.24) is 9.97 Å². The van der Waals surface area contributed by atoms with Crippen molar-refractivity contribution in [1.29, 1.82) is 0 Å². The van der Waals surface area contributed by atoms with Crippen LogP contribution in [-0.4, -0.2) is 33.6 Å². The van der Waals surface area contributed by atoms with Gasteiger partial charge >= 0.3 is 5.97 Å². The van der Waals surface area contributed by atoms with Gasteiger partial charge in [-0.05, 0) is 25.2 Å². The van der Waals surface area contributed by atoms with Crippen LogP contribution in [0.2, 0.25) is 0 Å². The smallest absolute Gasteiger partial charge is 0.356 e. The van der Waals surface area contributed by atoms with Crippen molar-refractivity contribution in [2.24, 2.45) is 11.8 Å². The lowest BCUT2D eigenvalue weighted by Gasteiger charge is -2.41. The summed E-state index contributed by atoms with van der Waals surface area (Å²) in [6.45, 7) is 7.50. The first-order valence-corrected chi connectivity index (χ1v) is 6.31. The molecule has 1 aliphatic rings. The summed E-state index contributed by atoms with van der Waals surface area (Å²) in [5, 5.41) is 8.96. The predicted molar refractivity (Wildman–Crippen MR) is 68.7 cm³/mol. The topological polar surface area (TPSA) is 66.3 Å². The maximum Gasteiger partial charge on any atom is 0.356 e. The van der Waals surface area contributed by atoms with Crippen LogP contribution in [0.4, 0.5) is 5.82 Å². The Morgan fingerprint density at radius 2 is 2.11 bits per heavy atom. The standard InChI is InChI=1S/C13H19N3O2/c1-8-4-9(2)10(3)16(7-8)12-6-14-5-11(15-12)13(17)18/h5-6,8-10H,4,7H2,1-3H3,(H,17,18). The van der Waals surface area contributed by atoms with E-state index in [1.165, 1.54) is 12.6 Å². The van der Waals surface area contributed by atoms with Crippen molar-refractivity contribution in [2.75, 3.05) is 11.4 Å². The zero-order chi connectivity index (χ0) is 13.3. The highest BCUT2D eigenvalue weighted by atomic mass is 16.4. The molecule has 1 aromatic heterocycles. The number of anilines is 1. The number of aromatic nitrogens is 2. The van der Waals surface area contributed by atoms with Crippen LogP contribution in [0.25, 0.3) is 0 Å². The minimum absolute atomic E-state index is 0.00517. The highest BCUT2D eigenvalue weighted by Crippen LogP contribution is 2.29. The minimum atomic E-state index is -1.03. The molecule has 18 heavy (non-hydrogen) atoms. The molecule has 0 aliphatic carbocycles. The van der Waals surface area contributed by atoms with Crippen molar-refractivity contribution < 1.29 is 9.90 Å². The molecule has 98 valence electrons. The molecular weight excluding hydrogens is 230 g/mol. The lowest BCUT2D eigenvalue weighted by molar-refractivity contribution is 0.0690. The number of carboxylic acid groups (broad SMARTS) is 1. The van der Waals surface area contributed by atoms with Crippen LogP contribution >= 0.6 is 0 Å². The number of carboxylic acids is 1. The predicted octanol–water partition coefficient (Wildman–Crippen LogP) is 2.05. The molecule has 0 saturated carbocycles. The quantitative estimate of drug-likeness (QED) is 0.868. The number of rotatable bonds is 2. The Morgan fingerprint density at radius 1 is 1.39 bits per heavy atom. The maximum absolute atomic E-state index is 10.9. The fourth-order valence-electron chi connectivity index (χ4n) is 2.61. The van der Waals surface area contributed by atoms with Crippen molar-refractivity contribution >= 4 is 11.8 Å². The SMILES string of the molecule is CC1CC(C)C(C)N(c2cncc(C(=O)O)n2)C1. The summed E-state index contributed by atoms with van der Waals surface area (Å²) in [5.41, 5.74) is 0.00517. The number of nitrogens with zero attached hydrogens (tertiary/aromatic N) is 3. The Hall–Kier alpha value is -1.65. The third-order valence-electron chi connectivity index (χ3n) is 3.73.